The van der Waals surface area contributed by atoms with Crippen LogP contribution in [0.4, 0.5) is 0 Å². The summed E-state index contributed by atoms with van der Waals surface area (Å²) < 4.78 is 11.4. The number of methoxy groups -OCH3 is 1. The number of likely N-dealkylation sites (N-methyl/N-ethyl adjacent to an activating group) is 1. The van der Waals surface area contributed by atoms with Crippen LogP contribution in [-0.2, 0) is 10.2 Å². The second-order valence-corrected chi connectivity index (χ2v) is 7.24. The van der Waals surface area contributed by atoms with Crippen LogP contribution in [0.3, 0.4) is 0 Å². The number of aliphatic hydroxyl groups is 2. The van der Waals surface area contributed by atoms with E-state index in [0.29, 0.717) is 24.2 Å². The Hall–Kier alpha value is -1.63. The second-order valence-electron chi connectivity index (χ2n) is 7.24. The van der Waals surface area contributed by atoms with Crippen molar-refractivity contribution in [3.63, 3.8) is 0 Å². The van der Waals surface area contributed by atoms with Gasteiger partial charge in [-0.15, -0.1) is 0 Å². The molecule has 1 aromatic rings. The first-order valence-corrected chi connectivity index (χ1v) is 8.32. The van der Waals surface area contributed by atoms with E-state index in [4.69, 9.17) is 9.47 Å². The molecule has 5 unspecified atom stereocenters. The van der Waals surface area contributed by atoms with Gasteiger partial charge in [-0.2, -0.15) is 0 Å². The van der Waals surface area contributed by atoms with Crippen LogP contribution < -0.4 is 9.47 Å². The van der Waals surface area contributed by atoms with Crippen molar-refractivity contribution in [2.75, 3.05) is 20.8 Å². The first-order chi connectivity index (χ1) is 11.4. The number of hydrogen-bond donors (Lipinski definition) is 2. The van der Waals surface area contributed by atoms with Gasteiger partial charge < -0.3 is 24.5 Å². The Morgan fingerprint density at radius 3 is 2.96 bits per heavy atom. The summed E-state index contributed by atoms with van der Waals surface area (Å²) in [5.74, 6) is 1.30. The van der Waals surface area contributed by atoms with Gasteiger partial charge in [-0.1, -0.05) is 6.07 Å². The lowest BCUT2D eigenvalue weighted by Gasteiger charge is -2.55. The topological polar surface area (TPSA) is 79.2 Å². The molecule has 130 valence electrons. The molecule has 2 aliphatic heterocycles. The first kappa shape index (κ1) is 15.9. The number of aldehydes is 1. The van der Waals surface area contributed by atoms with E-state index in [9.17, 15) is 15.0 Å². The third kappa shape index (κ3) is 1.54. The predicted molar refractivity (Wildman–Crippen MR) is 86.4 cm³/mol. The number of likely N-dealkylation sites (tertiary alicyclic amines) is 1. The van der Waals surface area contributed by atoms with Gasteiger partial charge in [0.05, 0.1) is 18.6 Å². The van der Waals surface area contributed by atoms with Crippen molar-refractivity contribution in [2.45, 2.75) is 49.0 Å². The minimum Gasteiger partial charge on any atom is -0.493 e. The summed E-state index contributed by atoms with van der Waals surface area (Å²) in [5.41, 5.74) is -0.129. The molecule has 1 fully saturated rings. The van der Waals surface area contributed by atoms with E-state index >= 15 is 0 Å². The number of hydrogen-bond acceptors (Lipinski definition) is 6. The summed E-state index contributed by atoms with van der Waals surface area (Å²) in [4.78, 5) is 13.1. The van der Waals surface area contributed by atoms with E-state index in [1.807, 2.05) is 26.1 Å². The lowest BCUT2D eigenvalue weighted by molar-refractivity contribution is -0.196. The maximum absolute atomic E-state index is 11.7. The maximum atomic E-state index is 11.7. The van der Waals surface area contributed by atoms with Crippen molar-refractivity contribution in [3.05, 3.63) is 23.3 Å². The molecule has 2 heterocycles. The van der Waals surface area contributed by atoms with E-state index < -0.39 is 17.1 Å². The number of fused-ring (bicyclic) bond motifs is 2. The van der Waals surface area contributed by atoms with Gasteiger partial charge in [0, 0.05) is 24.1 Å². The van der Waals surface area contributed by atoms with Gasteiger partial charge in [-0.05, 0) is 32.0 Å². The maximum Gasteiger partial charge on any atom is 0.165 e. The highest BCUT2D eigenvalue weighted by Gasteiger charge is 2.70. The molecule has 1 aliphatic carbocycles. The van der Waals surface area contributed by atoms with Crippen molar-refractivity contribution < 1.29 is 24.5 Å². The van der Waals surface area contributed by atoms with Crippen molar-refractivity contribution >= 4 is 6.29 Å². The molecule has 6 nitrogen and oxygen atoms in total. The summed E-state index contributed by atoms with van der Waals surface area (Å²) in [7, 11) is 3.55. The second kappa shape index (κ2) is 4.94. The lowest BCUT2D eigenvalue weighted by Crippen LogP contribution is -2.71. The van der Waals surface area contributed by atoms with Gasteiger partial charge in [-0.3, -0.25) is 4.90 Å². The van der Waals surface area contributed by atoms with E-state index in [1.165, 1.54) is 0 Å². The van der Waals surface area contributed by atoms with Gasteiger partial charge >= 0.3 is 0 Å². The number of carbonyl (C=O) groups excluding carboxylic acids is 1. The van der Waals surface area contributed by atoms with E-state index in [1.54, 1.807) is 7.11 Å². The fourth-order valence-corrected chi connectivity index (χ4v) is 5.21. The quantitative estimate of drug-likeness (QED) is 0.793. The number of piperidine rings is 1. The summed E-state index contributed by atoms with van der Waals surface area (Å²) >= 11 is 0. The lowest BCUT2D eigenvalue weighted by atomic mass is 9.61. The van der Waals surface area contributed by atoms with E-state index in [-0.39, 0.29) is 25.1 Å². The zero-order chi connectivity index (χ0) is 17.3. The zero-order valence-electron chi connectivity index (χ0n) is 14.2. The largest absolute Gasteiger partial charge is 0.493 e. The number of ether oxygens (including phenoxy) is 2. The van der Waals surface area contributed by atoms with Crippen LogP contribution in [0.15, 0.2) is 12.1 Å². The van der Waals surface area contributed by atoms with Gasteiger partial charge in [0.2, 0.25) is 0 Å². The number of aliphatic hydroxyl groups excluding tert-OH is 1. The Labute approximate surface area is 141 Å². The number of benzene rings is 1. The van der Waals surface area contributed by atoms with Crippen LogP contribution >= 0.6 is 0 Å². The van der Waals surface area contributed by atoms with Crippen molar-refractivity contribution in [1.29, 1.82) is 0 Å². The van der Waals surface area contributed by atoms with Gasteiger partial charge in [0.25, 0.3) is 0 Å². The molecule has 1 aromatic carbocycles. The molecule has 0 aromatic heterocycles. The Balaban J connectivity index is 1.98. The number of rotatable bonds is 4. The van der Waals surface area contributed by atoms with Crippen molar-refractivity contribution in [1.82, 2.24) is 4.90 Å². The van der Waals surface area contributed by atoms with Crippen molar-refractivity contribution in [2.24, 2.45) is 0 Å². The molecule has 0 saturated carbocycles. The van der Waals surface area contributed by atoms with Crippen LogP contribution in [-0.4, -0.2) is 59.9 Å². The highest BCUT2D eigenvalue weighted by molar-refractivity contribution is 5.64. The van der Waals surface area contributed by atoms with E-state index in [0.717, 1.165) is 11.1 Å². The summed E-state index contributed by atoms with van der Waals surface area (Å²) in [6, 6.07) is 3.76. The molecule has 6 heteroatoms. The number of nitrogens with zero attached hydrogens (tertiary/aromatic N) is 1. The molecule has 4 rings (SSSR count). The Morgan fingerprint density at radius 1 is 1.54 bits per heavy atom. The highest BCUT2D eigenvalue weighted by atomic mass is 16.5. The van der Waals surface area contributed by atoms with Crippen LogP contribution in [0.1, 0.15) is 36.9 Å². The SMILES string of the molecule is COc1ccc2c3c1OCC31CC2N(C)C(C)C1(O)C(O)CC=O. The Bertz CT molecular complexity index is 707. The van der Waals surface area contributed by atoms with Crippen LogP contribution in [0.5, 0.6) is 11.5 Å². The number of carbonyl (C=O) groups is 1. The monoisotopic (exact) mass is 333 g/mol. The summed E-state index contributed by atoms with van der Waals surface area (Å²) in [5, 5.41) is 22.4. The van der Waals surface area contributed by atoms with Crippen molar-refractivity contribution in [3.8, 4) is 11.5 Å². The molecule has 24 heavy (non-hydrogen) atoms. The molecule has 2 bridgehead atoms. The molecular weight excluding hydrogens is 310 g/mol. The van der Waals surface area contributed by atoms with Gasteiger partial charge in [-0.25, -0.2) is 0 Å². The highest BCUT2D eigenvalue weighted by Crippen LogP contribution is 2.65. The normalized spacial score (nSPS) is 37.7. The van der Waals surface area contributed by atoms with Crippen LogP contribution in [0.25, 0.3) is 0 Å². The fourth-order valence-electron chi connectivity index (χ4n) is 5.21. The predicted octanol–water partition coefficient (Wildman–Crippen LogP) is 0.785. The third-order valence-corrected chi connectivity index (χ3v) is 6.55. The summed E-state index contributed by atoms with van der Waals surface area (Å²) in [6.07, 6.45) is 0.0713. The zero-order valence-corrected chi connectivity index (χ0v) is 14.2. The standard InChI is InChI=1S/C18H23NO5/c1-10-18(22,14(21)6-7-20)17-8-12(19(10)2)11-4-5-13(23-3)16(15(11)17)24-9-17/h4-5,7,10,12,14,21-22H,6,8-9H2,1-3H3. The van der Waals surface area contributed by atoms with Gasteiger partial charge in [0.1, 0.15) is 18.5 Å². The molecule has 1 saturated heterocycles. The molecule has 1 spiro atoms. The average molecular weight is 333 g/mol. The fraction of sp³-hybridized carbons (Fsp3) is 0.611. The minimum absolute atomic E-state index is 0.101. The molecule has 2 N–H and O–H groups in total. The van der Waals surface area contributed by atoms with Crippen LogP contribution in [0.2, 0.25) is 0 Å². The van der Waals surface area contributed by atoms with Crippen LogP contribution in [0, 0.1) is 0 Å². The van der Waals surface area contributed by atoms with Gasteiger partial charge in [0.15, 0.2) is 11.5 Å². The minimum atomic E-state index is -1.47. The Morgan fingerprint density at radius 2 is 2.29 bits per heavy atom. The third-order valence-electron chi connectivity index (χ3n) is 6.55. The molecule has 5 atom stereocenters. The summed E-state index contributed by atoms with van der Waals surface area (Å²) in [6.45, 7) is 2.19. The first-order valence-electron chi connectivity index (χ1n) is 8.32. The average Bonchev–Trinajstić information content (AvgIpc) is 3.11. The Kier molecular flexibility index (Phi) is 3.27. The molecule has 0 amide bonds. The molecular formula is C18H23NO5. The van der Waals surface area contributed by atoms with E-state index in [2.05, 4.69) is 4.90 Å². The molecule has 3 aliphatic rings. The smallest absolute Gasteiger partial charge is 0.165 e. The molecule has 0 radical (unpaired) electrons.